The van der Waals surface area contributed by atoms with E-state index >= 15 is 0 Å². The number of carboxylic acid groups (broad SMARTS) is 1. The van der Waals surface area contributed by atoms with Crippen molar-refractivity contribution in [2.75, 3.05) is 19.6 Å². The third-order valence-corrected chi connectivity index (χ3v) is 2.93. The molecule has 1 aliphatic rings. The summed E-state index contributed by atoms with van der Waals surface area (Å²) < 4.78 is 0. The van der Waals surface area contributed by atoms with E-state index in [0.29, 0.717) is 18.9 Å². The highest BCUT2D eigenvalue weighted by molar-refractivity contribution is 5.70. The molecule has 1 saturated heterocycles. The number of nitrogens with zero attached hydrogens (tertiary/aromatic N) is 1. The van der Waals surface area contributed by atoms with Gasteiger partial charge in [-0.3, -0.25) is 4.79 Å². The van der Waals surface area contributed by atoms with Crippen molar-refractivity contribution in [2.24, 2.45) is 17.6 Å². The average molecular weight is 214 g/mol. The third-order valence-electron chi connectivity index (χ3n) is 2.93. The molecule has 15 heavy (non-hydrogen) atoms. The lowest BCUT2D eigenvalue weighted by molar-refractivity contribution is -0.143. The van der Waals surface area contributed by atoms with Gasteiger partial charge in [0.2, 0.25) is 0 Å². The Balaban J connectivity index is 2.41. The molecular formula is C11H22N2O2. The molecule has 2 atom stereocenters. The summed E-state index contributed by atoms with van der Waals surface area (Å²) in [5.41, 5.74) is 5.85. The smallest absolute Gasteiger partial charge is 0.307 e. The molecule has 0 aliphatic carbocycles. The number of hydrogen-bond acceptors (Lipinski definition) is 3. The molecular weight excluding hydrogens is 192 g/mol. The van der Waals surface area contributed by atoms with E-state index in [1.807, 2.05) is 0 Å². The molecule has 0 radical (unpaired) electrons. The van der Waals surface area contributed by atoms with Gasteiger partial charge in [0.15, 0.2) is 0 Å². The largest absolute Gasteiger partial charge is 0.481 e. The monoisotopic (exact) mass is 214 g/mol. The van der Waals surface area contributed by atoms with E-state index < -0.39 is 5.97 Å². The number of hydrogen-bond donors (Lipinski definition) is 2. The van der Waals surface area contributed by atoms with E-state index in [2.05, 4.69) is 18.7 Å². The van der Waals surface area contributed by atoms with E-state index in [9.17, 15) is 4.79 Å². The highest BCUT2D eigenvalue weighted by Gasteiger charge is 2.29. The number of rotatable bonds is 4. The molecule has 1 heterocycles. The summed E-state index contributed by atoms with van der Waals surface area (Å²) in [4.78, 5) is 13.1. The fourth-order valence-corrected chi connectivity index (χ4v) is 2.03. The fraction of sp³-hybridized carbons (Fsp3) is 0.909. The van der Waals surface area contributed by atoms with Crippen LogP contribution in [0.5, 0.6) is 0 Å². The van der Waals surface area contributed by atoms with Crippen LogP contribution < -0.4 is 5.73 Å². The normalized spacial score (nSPS) is 28.3. The van der Waals surface area contributed by atoms with Crippen LogP contribution in [-0.2, 0) is 4.79 Å². The molecule has 3 N–H and O–H groups in total. The maximum atomic E-state index is 10.9. The second-order valence-corrected chi connectivity index (χ2v) is 4.97. The minimum absolute atomic E-state index is 0.0204. The van der Waals surface area contributed by atoms with Crippen LogP contribution in [0.4, 0.5) is 0 Å². The third kappa shape index (κ3) is 4.18. The summed E-state index contributed by atoms with van der Waals surface area (Å²) in [6, 6.07) is 0.0204. The highest BCUT2D eigenvalue weighted by atomic mass is 16.4. The SMILES string of the molecule is CC(C)CCN1CC(N)CC(C(=O)O)C1. The van der Waals surface area contributed by atoms with E-state index in [1.54, 1.807) is 0 Å². The summed E-state index contributed by atoms with van der Waals surface area (Å²) in [5.74, 6) is -0.327. The summed E-state index contributed by atoms with van der Waals surface area (Å²) in [5, 5.41) is 8.97. The summed E-state index contributed by atoms with van der Waals surface area (Å²) in [7, 11) is 0. The van der Waals surface area contributed by atoms with Gasteiger partial charge in [0.05, 0.1) is 5.92 Å². The molecule has 1 aliphatic heterocycles. The summed E-state index contributed by atoms with van der Waals surface area (Å²) in [6.45, 7) is 6.83. The number of aliphatic carboxylic acids is 1. The summed E-state index contributed by atoms with van der Waals surface area (Å²) >= 11 is 0. The average Bonchev–Trinajstić information content (AvgIpc) is 2.13. The number of carbonyl (C=O) groups is 1. The van der Waals surface area contributed by atoms with Crippen molar-refractivity contribution in [3.63, 3.8) is 0 Å². The quantitative estimate of drug-likeness (QED) is 0.725. The standard InChI is InChI=1S/C11H22N2O2/c1-8(2)3-4-13-6-9(11(14)15)5-10(12)7-13/h8-10H,3-7,12H2,1-2H3,(H,14,15). The van der Waals surface area contributed by atoms with Gasteiger partial charge in [-0.05, 0) is 25.3 Å². The van der Waals surface area contributed by atoms with Crippen LogP contribution in [0.2, 0.25) is 0 Å². The van der Waals surface area contributed by atoms with Crippen molar-refractivity contribution >= 4 is 5.97 Å². The zero-order valence-corrected chi connectivity index (χ0v) is 9.65. The lowest BCUT2D eigenvalue weighted by Gasteiger charge is -2.34. The fourth-order valence-electron chi connectivity index (χ4n) is 2.03. The zero-order valence-electron chi connectivity index (χ0n) is 9.65. The molecule has 0 aromatic carbocycles. The Morgan fingerprint density at radius 3 is 2.73 bits per heavy atom. The first-order chi connectivity index (χ1) is 6.99. The molecule has 0 amide bonds. The van der Waals surface area contributed by atoms with Gasteiger partial charge < -0.3 is 15.7 Å². The number of nitrogens with two attached hydrogens (primary N) is 1. The van der Waals surface area contributed by atoms with Crippen LogP contribution >= 0.6 is 0 Å². The topological polar surface area (TPSA) is 66.6 Å². The van der Waals surface area contributed by atoms with Crippen LogP contribution in [0.25, 0.3) is 0 Å². The van der Waals surface area contributed by atoms with Crippen LogP contribution in [-0.4, -0.2) is 41.7 Å². The Labute approximate surface area is 91.4 Å². The highest BCUT2D eigenvalue weighted by Crippen LogP contribution is 2.17. The van der Waals surface area contributed by atoms with Crippen molar-refractivity contribution in [1.29, 1.82) is 0 Å². The molecule has 88 valence electrons. The van der Waals surface area contributed by atoms with E-state index in [-0.39, 0.29) is 12.0 Å². The summed E-state index contributed by atoms with van der Waals surface area (Å²) in [6.07, 6.45) is 1.73. The lowest BCUT2D eigenvalue weighted by Crippen LogP contribution is -2.49. The Bertz CT molecular complexity index is 219. The molecule has 4 nitrogen and oxygen atoms in total. The van der Waals surface area contributed by atoms with Crippen molar-refractivity contribution < 1.29 is 9.90 Å². The van der Waals surface area contributed by atoms with Crippen molar-refractivity contribution in [3.05, 3.63) is 0 Å². The number of carboxylic acids is 1. The molecule has 4 heteroatoms. The first kappa shape index (κ1) is 12.5. The van der Waals surface area contributed by atoms with E-state index in [1.165, 1.54) is 0 Å². The van der Waals surface area contributed by atoms with Gasteiger partial charge in [-0.15, -0.1) is 0 Å². The van der Waals surface area contributed by atoms with Crippen LogP contribution in [0, 0.1) is 11.8 Å². The maximum Gasteiger partial charge on any atom is 0.307 e. The van der Waals surface area contributed by atoms with Gasteiger partial charge in [0.1, 0.15) is 0 Å². The first-order valence-corrected chi connectivity index (χ1v) is 5.69. The maximum absolute atomic E-state index is 10.9. The molecule has 0 saturated carbocycles. The Morgan fingerprint density at radius 2 is 2.20 bits per heavy atom. The zero-order chi connectivity index (χ0) is 11.4. The first-order valence-electron chi connectivity index (χ1n) is 5.69. The molecule has 0 aromatic heterocycles. The van der Waals surface area contributed by atoms with Crippen molar-refractivity contribution in [3.8, 4) is 0 Å². The second-order valence-electron chi connectivity index (χ2n) is 4.97. The number of likely N-dealkylation sites (tertiary alicyclic amines) is 1. The van der Waals surface area contributed by atoms with Crippen LogP contribution in [0.3, 0.4) is 0 Å². The second kappa shape index (κ2) is 5.47. The van der Waals surface area contributed by atoms with E-state index in [4.69, 9.17) is 10.8 Å². The minimum Gasteiger partial charge on any atom is -0.481 e. The molecule has 0 bridgehead atoms. The molecule has 1 fully saturated rings. The van der Waals surface area contributed by atoms with Gasteiger partial charge in [-0.2, -0.15) is 0 Å². The Morgan fingerprint density at radius 1 is 1.53 bits per heavy atom. The van der Waals surface area contributed by atoms with Crippen LogP contribution in [0.1, 0.15) is 26.7 Å². The Kier molecular flexibility index (Phi) is 4.54. The van der Waals surface area contributed by atoms with Crippen molar-refractivity contribution in [2.45, 2.75) is 32.7 Å². The minimum atomic E-state index is -0.709. The van der Waals surface area contributed by atoms with Gasteiger partial charge >= 0.3 is 5.97 Å². The predicted molar refractivity (Wildman–Crippen MR) is 59.6 cm³/mol. The predicted octanol–water partition coefficient (Wildman–Crippen LogP) is 0.766. The lowest BCUT2D eigenvalue weighted by atomic mass is 9.94. The molecule has 0 aromatic rings. The molecule has 0 spiro atoms. The van der Waals surface area contributed by atoms with Gasteiger partial charge in [-0.1, -0.05) is 13.8 Å². The van der Waals surface area contributed by atoms with Crippen molar-refractivity contribution in [1.82, 2.24) is 4.90 Å². The van der Waals surface area contributed by atoms with Gasteiger partial charge in [0, 0.05) is 19.1 Å². The molecule has 1 rings (SSSR count). The Hall–Kier alpha value is -0.610. The van der Waals surface area contributed by atoms with Crippen LogP contribution in [0.15, 0.2) is 0 Å². The van der Waals surface area contributed by atoms with E-state index in [0.717, 1.165) is 19.5 Å². The van der Waals surface area contributed by atoms with Gasteiger partial charge in [-0.25, -0.2) is 0 Å². The van der Waals surface area contributed by atoms with Gasteiger partial charge in [0.25, 0.3) is 0 Å². The molecule has 2 unspecified atom stereocenters. The number of piperidine rings is 1.